The van der Waals surface area contributed by atoms with E-state index in [9.17, 15) is 9.59 Å². The van der Waals surface area contributed by atoms with Crippen molar-refractivity contribution in [1.29, 1.82) is 0 Å². The molecular weight excluding hydrogens is 280 g/mol. The first-order valence-electron chi connectivity index (χ1n) is 5.74. The minimum absolute atomic E-state index is 0.0784. The van der Waals surface area contributed by atoms with Crippen LogP contribution in [0.4, 0.5) is 5.69 Å². The molecule has 0 atom stereocenters. The van der Waals surface area contributed by atoms with Crippen LogP contribution in [-0.2, 0) is 0 Å². The molecule has 1 heterocycles. The van der Waals surface area contributed by atoms with Gasteiger partial charge in [-0.15, -0.1) is 0 Å². The van der Waals surface area contributed by atoms with Crippen molar-refractivity contribution in [1.82, 2.24) is 4.98 Å². The Bertz CT molecular complexity index is 669. The summed E-state index contributed by atoms with van der Waals surface area (Å²) < 4.78 is 0. The summed E-state index contributed by atoms with van der Waals surface area (Å²) in [6, 6.07) is 7.75. The highest BCUT2D eigenvalue weighted by Crippen LogP contribution is 2.17. The first-order chi connectivity index (χ1) is 9.47. The van der Waals surface area contributed by atoms with E-state index in [1.165, 1.54) is 18.3 Å². The number of rotatable bonds is 3. The van der Waals surface area contributed by atoms with Gasteiger partial charge in [-0.1, -0.05) is 11.6 Å². The van der Waals surface area contributed by atoms with E-state index >= 15 is 0 Å². The maximum Gasteiger partial charge on any atom is 0.354 e. The van der Waals surface area contributed by atoms with Gasteiger partial charge in [-0.25, -0.2) is 9.78 Å². The number of carboxylic acids is 1. The Labute approximate surface area is 120 Å². The second kappa shape index (κ2) is 5.71. The molecule has 2 aromatic rings. The zero-order valence-corrected chi connectivity index (χ0v) is 11.3. The quantitative estimate of drug-likeness (QED) is 0.911. The molecule has 0 saturated heterocycles. The van der Waals surface area contributed by atoms with Crippen LogP contribution in [0.1, 0.15) is 26.4 Å². The molecular formula is C14H11ClN2O3. The van der Waals surface area contributed by atoms with Crippen LogP contribution in [0, 0.1) is 6.92 Å². The molecule has 0 aliphatic carbocycles. The van der Waals surface area contributed by atoms with E-state index in [-0.39, 0.29) is 11.6 Å². The predicted molar refractivity (Wildman–Crippen MR) is 75.3 cm³/mol. The van der Waals surface area contributed by atoms with Gasteiger partial charge in [0.25, 0.3) is 5.91 Å². The molecule has 1 aromatic carbocycles. The lowest BCUT2D eigenvalue weighted by molar-refractivity contribution is 0.0690. The molecule has 0 fully saturated rings. The van der Waals surface area contributed by atoms with Gasteiger partial charge in [0, 0.05) is 10.6 Å². The second-order valence-corrected chi connectivity index (χ2v) is 4.56. The Kier molecular flexibility index (Phi) is 4.00. The summed E-state index contributed by atoms with van der Waals surface area (Å²) in [6.07, 6.45) is 1.30. The fourth-order valence-electron chi connectivity index (χ4n) is 1.58. The fraction of sp³-hybridized carbons (Fsp3) is 0.0714. The molecule has 1 aromatic heterocycles. The monoisotopic (exact) mass is 290 g/mol. The Hall–Kier alpha value is -2.40. The Morgan fingerprint density at radius 2 is 2.00 bits per heavy atom. The van der Waals surface area contributed by atoms with Crippen molar-refractivity contribution in [3.8, 4) is 0 Å². The number of aryl methyl sites for hydroxylation is 1. The van der Waals surface area contributed by atoms with E-state index in [1.54, 1.807) is 18.2 Å². The number of anilines is 1. The number of halogens is 1. The largest absolute Gasteiger partial charge is 0.477 e. The van der Waals surface area contributed by atoms with Crippen LogP contribution in [-0.4, -0.2) is 22.0 Å². The molecule has 102 valence electrons. The summed E-state index contributed by atoms with van der Waals surface area (Å²) in [4.78, 5) is 26.4. The molecule has 0 aliphatic rings. The molecule has 0 radical (unpaired) electrons. The van der Waals surface area contributed by atoms with Gasteiger partial charge in [0.1, 0.15) is 5.69 Å². The van der Waals surface area contributed by atoms with E-state index < -0.39 is 5.97 Å². The molecule has 20 heavy (non-hydrogen) atoms. The van der Waals surface area contributed by atoms with Gasteiger partial charge >= 0.3 is 5.97 Å². The summed E-state index contributed by atoms with van der Waals surface area (Å²) >= 11 is 5.90. The van der Waals surface area contributed by atoms with Gasteiger partial charge in [-0.2, -0.15) is 0 Å². The van der Waals surface area contributed by atoms with Crippen molar-refractivity contribution in [2.75, 3.05) is 5.32 Å². The van der Waals surface area contributed by atoms with Gasteiger partial charge in [0.2, 0.25) is 0 Å². The standard InChI is InChI=1S/C14H11ClN2O3/c1-8-6-9(2-4-11(8)15)13(18)17-10-3-5-12(14(19)20)16-7-10/h2-7H,1H3,(H,17,18)(H,19,20). The number of amides is 1. The highest BCUT2D eigenvalue weighted by Gasteiger charge is 2.09. The number of nitrogens with zero attached hydrogens (tertiary/aromatic N) is 1. The molecule has 0 unspecified atom stereocenters. The number of carbonyl (C=O) groups is 2. The highest BCUT2D eigenvalue weighted by molar-refractivity contribution is 6.31. The minimum Gasteiger partial charge on any atom is -0.477 e. The van der Waals surface area contributed by atoms with Crippen LogP contribution < -0.4 is 5.32 Å². The Morgan fingerprint density at radius 1 is 1.25 bits per heavy atom. The van der Waals surface area contributed by atoms with Crippen LogP contribution in [0.15, 0.2) is 36.5 Å². The SMILES string of the molecule is Cc1cc(C(=O)Nc2ccc(C(=O)O)nc2)ccc1Cl. The van der Waals surface area contributed by atoms with E-state index in [2.05, 4.69) is 10.3 Å². The van der Waals surface area contributed by atoms with Crippen molar-refractivity contribution < 1.29 is 14.7 Å². The lowest BCUT2D eigenvalue weighted by atomic mass is 10.1. The van der Waals surface area contributed by atoms with Gasteiger partial charge in [-0.3, -0.25) is 4.79 Å². The molecule has 6 heteroatoms. The number of benzene rings is 1. The average molecular weight is 291 g/mol. The van der Waals surface area contributed by atoms with E-state index in [0.29, 0.717) is 16.3 Å². The molecule has 2 rings (SSSR count). The van der Waals surface area contributed by atoms with Crippen LogP contribution in [0.2, 0.25) is 5.02 Å². The first-order valence-corrected chi connectivity index (χ1v) is 6.12. The van der Waals surface area contributed by atoms with Gasteiger partial charge < -0.3 is 10.4 Å². The minimum atomic E-state index is -1.11. The van der Waals surface area contributed by atoms with Crippen molar-refractivity contribution in [2.24, 2.45) is 0 Å². The third kappa shape index (κ3) is 3.13. The van der Waals surface area contributed by atoms with Crippen molar-refractivity contribution in [3.63, 3.8) is 0 Å². The number of aromatic nitrogens is 1. The number of aromatic carboxylic acids is 1. The van der Waals surface area contributed by atoms with Gasteiger partial charge in [-0.05, 0) is 42.8 Å². The zero-order valence-electron chi connectivity index (χ0n) is 10.6. The highest BCUT2D eigenvalue weighted by atomic mass is 35.5. The molecule has 5 nitrogen and oxygen atoms in total. The second-order valence-electron chi connectivity index (χ2n) is 4.16. The van der Waals surface area contributed by atoms with Gasteiger partial charge in [0.15, 0.2) is 0 Å². The average Bonchev–Trinajstić information content (AvgIpc) is 2.42. The number of hydrogen-bond acceptors (Lipinski definition) is 3. The summed E-state index contributed by atoms with van der Waals surface area (Å²) in [7, 11) is 0. The fourth-order valence-corrected chi connectivity index (χ4v) is 1.70. The topological polar surface area (TPSA) is 79.3 Å². The number of carboxylic acid groups (broad SMARTS) is 1. The molecule has 0 spiro atoms. The predicted octanol–water partition coefficient (Wildman–Crippen LogP) is 2.99. The maximum atomic E-state index is 12.0. The summed E-state index contributed by atoms with van der Waals surface area (Å²) in [5.74, 6) is -1.43. The smallest absolute Gasteiger partial charge is 0.354 e. The number of pyridine rings is 1. The zero-order chi connectivity index (χ0) is 14.7. The normalized spacial score (nSPS) is 10.1. The van der Waals surface area contributed by atoms with E-state index in [1.807, 2.05) is 6.92 Å². The lowest BCUT2D eigenvalue weighted by Gasteiger charge is -2.06. The summed E-state index contributed by atoms with van der Waals surface area (Å²) in [6.45, 7) is 1.81. The van der Waals surface area contributed by atoms with E-state index in [0.717, 1.165) is 5.56 Å². The van der Waals surface area contributed by atoms with Crippen molar-refractivity contribution in [3.05, 3.63) is 58.4 Å². The number of carbonyl (C=O) groups excluding carboxylic acids is 1. The van der Waals surface area contributed by atoms with Crippen LogP contribution >= 0.6 is 11.6 Å². The molecule has 2 N–H and O–H groups in total. The molecule has 1 amide bonds. The lowest BCUT2D eigenvalue weighted by Crippen LogP contribution is -2.12. The molecule has 0 aliphatic heterocycles. The third-order valence-electron chi connectivity index (χ3n) is 2.66. The first kappa shape index (κ1) is 14.0. The van der Waals surface area contributed by atoms with Crippen LogP contribution in [0.25, 0.3) is 0 Å². The van der Waals surface area contributed by atoms with Crippen LogP contribution in [0.5, 0.6) is 0 Å². The molecule has 0 saturated carbocycles. The molecule has 0 bridgehead atoms. The third-order valence-corrected chi connectivity index (χ3v) is 3.08. The maximum absolute atomic E-state index is 12.0. The van der Waals surface area contributed by atoms with Crippen molar-refractivity contribution in [2.45, 2.75) is 6.92 Å². The summed E-state index contributed by atoms with van der Waals surface area (Å²) in [5, 5.41) is 12.0. The number of nitrogens with one attached hydrogen (secondary N) is 1. The number of hydrogen-bond donors (Lipinski definition) is 2. The Morgan fingerprint density at radius 3 is 2.55 bits per heavy atom. The van der Waals surface area contributed by atoms with E-state index in [4.69, 9.17) is 16.7 Å². The Balaban J connectivity index is 2.14. The summed E-state index contributed by atoms with van der Waals surface area (Å²) in [5.41, 5.74) is 1.62. The van der Waals surface area contributed by atoms with Gasteiger partial charge in [0.05, 0.1) is 11.9 Å². The van der Waals surface area contributed by atoms with Crippen molar-refractivity contribution >= 4 is 29.2 Å². The van der Waals surface area contributed by atoms with Crippen LogP contribution in [0.3, 0.4) is 0 Å².